The van der Waals surface area contributed by atoms with Crippen LogP contribution in [0.25, 0.3) is 0 Å². The summed E-state index contributed by atoms with van der Waals surface area (Å²) in [7, 11) is 0. The van der Waals surface area contributed by atoms with E-state index in [1.807, 2.05) is 0 Å². The Morgan fingerprint density at radius 1 is 1.15 bits per heavy atom. The zero-order valence-electron chi connectivity index (χ0n) is 9.59. The zero-order valence-corrected chi connectivity index (χ0v) is 9.59. The molecule has 0 saturated heterocycles. The normalized spacial score (nSPS) is 41.5. The van der Waals surface area contributed by atoms with Gasteiger partial charge in [-0.3, -0.25) is 0 Å². The maximum atomic E-state index is 2.48. The monoisotopic (exact) mass is 178 g/mol. The van der Waals surface area contributed by atoms with Crippen LogP contribution in [0.3, 0.4) is 0 Å². The van der Waals surface area contributed by atoms with Crippen molar-refractivity contribution in [2.24, 2.45) is 28.6 Å². The van der Waals surface area contributed by atoms with E-state index in [9.17, 15) is 0 Å². The van der Waals surface area contributed by atoms with Crippen LogP contribution in [0.4, 0.5) is 0 Å². The van der Waals surface area contributed by atoms with Crippen LogP contribution >= 0.6 is 0 Å². The van der Waals surface area contributed by atoms with Gasteiger partial charge in [-0.05, 0) is 35.0 Å². The largest absolute Gasteiger partial charge is 0.0846 e. The highest BCUT2D eigenvalue weighted by atomic mass is 14.6. The first-order chi connectivity index (χ1) is 5.83. The van der Waals surface area contributed by atoms with Crippen LogP contribution in [-0.2, 0) is 0 Å². The van der Waals surface area contributed by atoms with E-state index >= 15 is 0 Å². The van der Waals surface area contributed by atoms with Gasteiger partial charge in [0, 0.05) is 0 Å². The van der Waals surface area contributed by atoms with E-state index < -0.39 is 0 Å². The fraction of sp³-hybridized carbons (Fsp3) is 0.846. The molecule has 0 heteroatoms. The average molecular weight is 178 g/mol. The predicted molar refractivity (Wildman–Crippen MR) is 57.5 cm³/mol. The summed E-state index contributed by atoms with van der Waals surface area (Å²) in [5.74, 6) is 2.60. The molecule has 0 spiro atoms. The van der Waals surface area contributed by atoms with Crippen molar-refractivity contribution in [3.63, 3.8) is 0 Å². The van der Waals surface area contributed by atoms with Crippen LogP contribution in [0.2, 0.25) is 0 Å². The summed E-state index contributed by atoms with van der Waals surface area (Å²) in [5, 5.41) is 0. The summed E-state index contributed by atoms with van der Waals surface area (Å²) in [6.45, 7) is 12.0. The minimum Gasteiger partial charge on any atom is -0.0846 e. The SMILES string of the molecule is CC(C)(C)C1C=C[C@@H]2C[C@H]1C2(C)C. The first kappa shape index (κ1) is 9.30. The second-order valence-corrected chi connectivity index (χ2v) is 6.55. The molecule has 3 rings (SSSR count). The summed E-state index contributed by atoms with van der Waals surface area (Å²) in [6.07, 6.45) is 6.38. The topological polar surface area (TPSA) is 0 Å². The summed E-state index contributed by atoms with van der Waals surface area (Å²) in [5.41, 5.74) is 1.02. The predicted octanol–water partition coefficient (Wildman–Crippen LogP) is 3.88. The number of allylic oxidation sites excluding steroid dienone is 2. The molecule has 0 radical (unpaired) electrons. The van der Waals surface area contributed by atoms with Gasteiger partial charge in [0.05, 0.1) is 0 Å². The van der Waals surface area contributed by atoms with Crippen LogP contribution in [0, 0.1) is 28.6 Å². The van der Waals surface area contributed by atoms with Gasteiger partial charge in [0.1, 0.15) is 0 Å². The molecule has 3 aliphatic carbocycles. The molecule has 0 amide bonds. The Labute approximate surface area is 82.4 Å². The third kappa shape index (κ3) is 1.18. The average Bonchev–Trinajstić information content (AvgIpc) is 2.02. The molecule has 74 valence electrons. The molecule has 2 bridgehead atoms. The lowest BCUT2D eigenvalue weighted by Crippen LogP contribution is -2.52. The lowest BCUT2D eigenvalue weighted by Gasteiger charge is -2.59. The van der Waals surface area contributed by atoms with Gasteiger partial charge in [-0.1, -0.05) is 46.8 Å². The van der Waals surface area contributed by atoms with Gasteiger partial charge in [-0.15, -0.1) is 0 Å². The molecule has 0 N–H and O–H groups in total. The molecular weight excluding hydrogens is 156 g/mol. The Morgan fingerprint density at radius 3 is 2.08 bits per heavy atom. The highest BCUT2D eigenvalue weighted by molar-refractivity contribution is 5.18. The lowest BCUT2D eigenvalue weighted by molar-refractivity contribution is -0.0609. The Morgan fingerprint density at radius 2 is 1.77 bits per heavy atom. The van der Waals surface area contributed by atoms with Gasteiger partial charge in [-0.25, -0.2) is 0 Å². The molecule has 3 aliphatic rings. The van der Waals surface area contributed by atoms with Crippen LogP contribution in [-0.4, -0.2) is 0 Å². The molecule has 0 aliphatic heterocycles. The fourth-order valence-corrected chi connectivity index (χ4v) is 3.21. The molecule has 1 saturated carbocycles. The number of hydrogen-bond donors (Lipinski definition) is 0. The molecule has 0 nitrogen and oxygen atoms in total. The third-order valence-corrected chi connectivity index (χ3v) is 4.40. The van der Waals surface area contributed by atoms with Gasteiger partial charge in [0.2, 0.25) is 0 Å². The van der Waals surface area contributed by atoms with Crippen molar-refractivity contribution >= 4 is 0 Å². The van der Waals surface area contributed by atoms with Crippen molar-refractivity contribution in [1.82, 2.24) is 0 Å². The van der Waals surface area contributed by atoms with E-state index in [0.717, 1.165) is 17.8 Å². The minimum absolute atomic E-state index is 0.448. The molecule has 0 heterocycles. The molecule has 1 fully saturated rings. The van der Waals surface area contributed by atoms with Crippen LogP contribution in [0.15, 0.2) is 12.2 Å². The molecule has 0 aromatic rings. The van der Waals surface area contributed by atoms with Crippen LogP contribution in [0.5, 0.6) is 0 Å². The molecule has 0 aromatic heterocycles. The van der Waals surface area contributed by atoms with E-state index in [1.54, 1.807) is 0 Å². The van der Waals surface area contributed by atoms with E-state index in [0.29, 0.717) is 10.8 Å². The Bertz CT molecular complexity index is 239. The zero-order chi connectivity index (χ0) is 9.85. The maximum absolute atomic E-state index is 2.48. The van der Waals surface area contributed by atoms with Crippen molar-refractivity contribution in [1.29, 1.82) is 0 Å². The Hall–Kier alpha value is -0.260. The van der Waals surface area contributed by atoms with Crippen molar-refractivity contribution in [3.8, 4) is 0 Å². The van der Waals surface area contributed by atoms with Crippen molar-refractivity contribution in [3.05, 3.63) is 12.2 Å². The minimum atomic E-state index is 0.448. The standard InChI is InChI=1S/C13H22/c1-12(2,3)10-7-6-9-8-11(10)13(9,4)5/h6-7,9-11H,8H2,1-5H3/t9-,10?,11-/m1/s1. The van der Waals surface area contributed by atoms with Crippen LogP contribution < -0.4 is 0 Å². The highest BCUT2D eigenvalue weighted by Crippen LogP contribution is 2.61. The second kappa shape index (κ2) is 2.40. The first-order valence-corrected chi connectivity index (χ1v) is 5.52. The number of rotatable bonds is 0. The maximum Gasteiger partial charge on any atom is -0.0151 e. The molecule has 0 aromatic carbocycles. The van der Waals surface area contributed by atoms with Gasteiger partial charge in [0.25, 0.3) is 0 Å². The van der Waals surface area contributed by atoms with Crippen molar-refractivity contribution < 1.29 is 0 Å². The Balaban J connectivity index is 2.26. The smallest absolute Gasteiger partial charge is 0.0151 e. The van der Waals surface area contributed by atoms with Gasteiger partial charge >= 0.3 is 0 Å². The first-order valence-electron chi connectivity index (χ1n) is 5.52. The number of hydrogen-bond acceptors (Lipinski definition) is 0. The lowest BCUT2D eigenvalue weighted by atomic mass is 9.45. The highest BCUT2D eigenvalue weighted by Gasteiger charge is 2.54. The number of fused-ring (bicyclic) bond motifs is 1. The fourth-order valence-electron chi connectivity index (χ4n) is 3.21. The van der Waals surface area contributed by atoms with Gasteiger partial charge in [0.15, 0.2) is 0 Å². The summed E-state index contributed by atoms with van der Waals surface area (Å²) >= 11 is 0. The quantitative estimate of drug-likeness (QED) is 0.494. The summed E-state index contributed by atoms with van der Waals surface area (Å²) in [6, 6.07) is 0. The van der Waals surface area contributed by atoms with Crippen molar-refractivity contribution in [2.75, 3.05) is 0 Å². The second-order valence-electron chi connectivity index (χ2n) is 6.55. The summed E-state index contributed by atoms with van der Waals surface area (Å²) in [4.78, 5) is 0. The summed E-state index contributed by atoms with van der Waals surface area (Å²) < 4.78 is 0. The Kier molecular flexibility index (Phi) is 1.72. The van der Waals surface area contributed by atoms with E-state index in [-0.39, 0.29) is 0 Å². The van der Waals surface area contributed by atoms with Gasteiger partial charge < -0.3 is 0 Å². The van der Waals surface area contributed by atoms with Crippen molar-refractivity contribution in [2.45, 2.75) is 41.0 Å². The van der Waals surface area contributed by atoms with E-state index in [2.05, 4.69) is 46.8 Å². The van der Waals surface area contributed by atoms with Gasteiger partial charge in [-0.2, -0.15) is 0 Å². The molecule has 13 heavy (non-hydrogen) atoms. The third-order valence-electron chi connectivity index (χ3n) is 4.40. The van der Waals surface area contributed by atoms with E-state index in [4.69, 9.17) is 0 Å². The molecule has 1 unspecified atom stereocenters. The van der Waals surface area contributed by atoms with E-state index in [1.165, 1.54) is 6.42 Å². The van der Waals surface area contributed by atoms with Crippen LogP contribution in [0.1, 0.15) is 41.0 Å². The molecular formula is C13H22. The molecule has 3 atom stereocenters.